The van der Waals surface area contributed by atoms with Crippen molar-refractivity contribution in [3.05, 3.63) is 6.61 Å². The van der Waals surface area contributed by atoms with Crippen molar-refractivity contribution in [1.29, 1.82) is 0 Å². The fourth-order valence-corrected chi connectivity index (χ4v) is 2.31. The first-order valence-electron chi connectivity index (χ1n) is 4.55. The zero-order valence-corrected chi connectivity index (χ0v) is 12.6. The van der Waals surface area contributed by atoms with Crippen LogP contribution in [0.2, 0.25) is 0 Å². The quantitative estimate of drug-likeness (QED) is 0.642. The maximum absolute atomic E-state index is 5.69. The molecule has 0 aromatic rings. The van der Waals surface area contributed by atoms with E-state index in [1.165, 1.54) is 0 Å². The third-order valence-electron chi connectivity index (χ3n) is 3.37. The molecule has 2 rings (SSSR count). The van der Waals surface area contributed by atoms with E-state index in [0.29, 0.717) is 12.0 Å². The Balaban J connectivity index is 0.000000845. The molecule has 0 N–H and O–H groups in total. The molecule has 2 fully saturated rings. The molecule has 74 valence electrons. The molecule has 2 aliphatic heterocycles. The first-order valence-corrected chi connectivity index (χ1v) is 4.55. The number of fused-ring (bicyclic) bond motifs is 2. The summed E-state index contributed by atoms with van der Waals surface area (Å²) in [6.07, 6.45) is 1.06. The molecule has 0 aromatic heterocycles. The number of nitrogens with zero attached hydrogens (tertiary/aromatic N) is 1. The molecule has 4 heteroatoms. The Morgan fingerprint density at radius 3 is 2.77 bits per heavy atom. The van der Waals surface area contributed by atoms with E-state index in [1.54, 1.807) is 7.11 Å². The number of rotatable bonds is 2. The fraction of sp³-hybridized carbons (Fsp3) is 0.889. The number of hydrogen-bond donors (Lipinski definition) is 0. The zero-order chi connectivity index (χ0) is 8.77. The molecule has 3 atom stereocenters. The van der Waals surface area contributed by atoms with Crippen molar-refractivity contribution in [1.82, 2.24) is 5.06 Å². The van der Waals surface area contributed by atoms with Crippen molar-refractivity contribution < 1.29 is 40.7 Å². The Bertz CT molecular complexity index is 190. The fourth-order valence-electron chi connectivity index (χ4n) is 2.31. The topological polar surface area (TPSA) is 21.7 Å². The number of morpholine rings is 1. The average molecular weight is 408 g/mol. The van der Waals surface area contributed by atoms with E-state index in [2.05, 4.69) is 13.8 Å². The van der Waals surface area contributed by atoms with Crippen LogP contribution in [0.4, 0.5) is 0 Å². The minimum absolute atomic E-state index is 0. The Morgan fingerprint density at radius 2 is 2.38 bits per heavy atom. The van der Waals surface area contributed by atoms with Crippen LogP contribution in [-0.4, -0.2) is 30.4 Å². The van der Waals surface area contributed by atoms with Gasteiger partial charge in [0, 0.05) is 37.7 Å². The smallest absolute Gasteiger partial charge is 0.0574 e. The summed E-state index contributed by atoms with van der Waals surface area (Å²) in [6, 6.07) is 0.356. The molecular weight excluding hydrogens is 392 g/mol. The third-order valence-corrected chi connectivity index (χ3v) is 3.37. The SMILES string of the molecule is CC[C@]12CN(OC)[C@H]([CH-]O1)[C@H]2C.[U]. The van der Waals surface area contributed by atoms with Crippen LogP contribution in [0, 0.1) is 43.6 Å². The molecule has 0 aliphatic carbocycles. The Labute approximate surface area is 103 Å². The molecule has 0 amide bonds. The normalized spacial score (nSPS) is 43.6. The van der Waals surface area contributed by atoms with Crippen molar-refractivity contribution in [3.8, 4) is 0 Å². The summed E-state index contributed by atoms with van der Waals surface area (Å²) in [5, 5.41) is 2.01. The molecule has 13 heavy (non-hydrogen) atoms. The molecule has 2 bridgehead atoms. The van der Waals surface area contributed by atoms with Gasteiger partial charge in [-0.15, -0.1) is 0 Å². The van der Waals surface area contributed by atoms with Gasteiger partial charge in [0.15, 0.2) is 0 Å². The number of hydroxylamine groups is 2. The van der Waals surface area contributed by atoms with Gasteiger partial charge < -0.3 is 9.57 Å². The van der Waals surface area contributed by atoms with E-state index in [-0.39, 0.29) is 36.7 Å². The largest absolute Gasteiger partial charge is 0.545 e. The van der Waals surface area contributed by atoms with E-state index < -0.39 is 0 Å². The predicted octanol–water partition coefficient (Wildman–Crippen LogP) is 1.21. The summed E-state index contributed by atoms with van der Waals surface area (Å²) in [7, 11) is 1.73. The van der Waals surface area contributed by atoms with E-state index >= 15 is 0 Å². The van der Waals surface area contributed by atoms with Crippen molar-refractivity contribution in [3.63, 3.8) is 0 Å². The summed E-state index contributed by atoms with van der Waals surface area (Å²) in [4.78, 5) is 5.26. The van der Waals surface area contributed by atoms with Gasteiger partial charge >= 0.3 is 0 Å². The monoisotopic (exact) mass is 408 g/mol. The van der Waals surface area contributed by atoms with Crippen LogP contribution in [0.25, 0.3) is 0 Å². The van der Waals surface area contributed by atoms with Crippen LogP contribution in [0.1, 0.15) is 20.3 Å². The van der Waals surface area contributed by atoms with Crippen LogP contribution in [-0.2, 0) is 9.57 Å². The van der Waals surface area contributed by atoms with Crippen LogP contribution < -0.4 is 0 Å². The molecule has 0 saturated carbocycles. The first-order chi connectivity index (χ1) is 5.73. The molecule has 3 nitrogen and oxygen atoms in total. The second-order valence-corrected chi connectivity index (χ2v) is 3.71. The van der Waals surface area contributed by atoms with E-state index in [4.69, 9.17) is 9.57 Å². The summed E-state index contributed by atoms with van der Waals surface area (Å²) in [5.74, 6) is 0.558. The zero-order valence-electron chi connectivity index (χ0n) is 8.41. The van der Waals surface area contributed by atoms with Gasteiger partial charge in [-0.05, 0) is 12.3 Å². The van der Waals surface area contributed by atoms with Gasteiger partial charge in [-0.3, -0.25) is 0 Å². The van der Waals surface area contributed by atoms with Gasteiger partial charge in [0.2, 0.25) is 0 Å². The molecular formula is C9H16NO2U-. The molecule has 0 spiro atoms. The molecule has 2 heterocycles. The second-order valence-electron chi connectivity index (χ2n) is 3.71. The number of ether oxygens (including phenoxy) is 1. The predicted molar refractivity (Wildman–Crippen MR) is 45.1 cm³/mol. The summed E-state index contributed by atoms with van der Waals surface area (Å²) in [6.45, 7) is 7.23. The Kier molecular flexibility index (Phi) is 3.88. The van der Waals surface area contributed by atoms with E-state index in [1.807, 2.05) is 11.7 Å². The van der Waals surface area contributed by atoms with Crippen molar-refractivity contribution in [2.45, 2.75) is 31.9 Å². The van der Waals surface area contributed by atoms with Crippen molar-refractivity contribution in [2.75, 3.05) is 13.7 Å². The van der Waals surface area contributed by atoms with Crippen LogP contribution in [0.15, 0.2) is 0 Å². The van der Waals surface area contributed by atoms with Gasteiger partial charge in [0.1, 0.15) is 0 Å². The second kappa shape index (κ2) is 4.20. The summed E-state index contributed by atoms with van der Waals surface area (Å²) >= 11 is 0. The van der Waals surface area contributed by atoms with Crippen LogP contribution in [0.3, 0.4) is 0 Å². The Hall–Kier alpha value is 0.932. The van der Waals surface area contributed by atoms with Gasteiger partial charge in [0.05, 0.1) is 12.7 Å². The van der Waals surface area contributed by atoms with Crippen molar-refractivity contribution in [2.24, 2.45) is 5.92 Å². The molecule has 0 aromatic carbocycles. The van der Waals surface area contributed by atoms with E-state index in [9.17, 15) is 0 Å². The van der Waals surface area contributed by atoms with Crippen LogP contribution in [0.5, 0.6) is 0 Å². The molecule has 0 radical (unpaired) electrons. The third kappa shape index (κ3) is 1.62. The first kappa shape index (κ1) is 12.0. The molecule has 2 saturated heterocycles. The number of hydrogen-bond acceptors (Lipinski definition) is 3. The average Bonchev–Trinajstić information content (AvgIpc) is 2.58. The maximum atomic E-state index is 5.69. The molecule has 0 unspecified atom stereocenters. The van der Waals surface area contributed by atoms with Gasteiger partial charge in [0.25, 0.3) is 0 Å². The standard InChI is InChI=1S/C9H16NO2.U/c1-4-9-6-10(11-3)8(5-12-9)7(9)2;/h5,7-8H,4,6H2,1-3H3;/q-1;/t7-,8-,9-;/m1./s1. The minimum atomic E-state index is 0. The maximum Gasteiger partial charge on any atom is 0.0574 e. The Morgan fingerprint density at radius 1 is 1.69 bits per heavy atom. The van der Waals surface area contributed by atoms with Gasteiger partial charge in [-0.25, -0.2) is 5.06 Å². The summed E-state index contributed by atoms with van der Waals surface area (Å²) < 4.78 is 5.69. The van der Waals surface area contributed by atoms with Crippen molar-refractivity contribution >= 4 is 0 Å². The summed E-state index contributed by atoms with van der Waals surface area (Å²) in [5.41, 5.74) is 0.0284. The molecule has 2 aliphatic rings. The van der Waals surface area contributed by atoms with Gasteiger partial charge in [-0.1, -0.05) is 19.9 Å². The van der Waals surface area contributed by atoms with E-state index in [0.717, 1.165) is 13.0 Å². The van der Waals surface area contributed by atoms with Gasteiger partial charge in [-0.2, -0.15) is 6.61 Å². The van der Waals surface area contributed by atoms with Crippen LogP contribution >= 0.6 is 0 Å². The minimum Gasteiger partial charge on any atom is -0.545 e.